The molecule has 1 aliphatic rings. The van der Waals surface area contributed by atoms with E-state index in [4.69, 9.17) is 0 Å². The number of anilines is 1. The predicted octanol–water partition coefficient (Wildman–Crippen LogP) is 2.12. The normalized spacial score (nSPS) is 25.4. The number of aromatic amines is 1. The Morgan fingerprint density at radius 3 is 2.76 bits per heavy atom. The minimum Gasteiger partial charge on any atom is -0.350 e. The molecule has 5 heteroatoms. The SMILES string of the molecule is C[C@H]1CCC[C@H](C)N1c1ncnc2[nH]ncc12. The van der Waals surface area contributed by atoms with Gasteiger partial charge in [0.05, 0.1) is 11.6 Å². The van der Waals surface area contributed by atoms with Crippen LogP contribution in [0.1, 0.15) is 33.1 Å². The van der Waals surface area contributed by atoms with Crippen LogP contribution in [0.5, 0.6) is 0 Å². The summed E-state index contributed by atoms with van der Waals surface area (Å²) < 4.78 is 0. The van der Waals surface area contributed by atoms with Crippen molar-refractivity contribution in [3.8, 4) is 0 Å². The fraction of sp³-hybridized carbons (Fsp3) is 0.583. The zero-order chi connectivity index (χ0) is 11.8. The van der Waals surface area contributed by atoms with Gasteiger partial charge in [-0.3, -0.25) is 5.10 Å². The molecule has 1 N–H and O–H groups in total. The summed E-state index contributed by atoms with van der Waals surface area (Å²) in [4.78, 5) is 11.1. The molecular formula is C12H17N5. The summed E-state index contributed by atoms with van der Waals surface area (Å²) in [6.45, 7) is 4.54. The highest BCUT2D eigenvalue weighted by molar-refractivity contribution is 5.86. The molecule has 0 saturated carbocycles. The van der Waals surface area contributed by atoms with E-state index in [-0.39, 0.29) is 0 Å². The van der Waals surface area contributed by atoms with E-state index in [0.29, 0.717) is 12.1 Å². The second kappa shape index (κ2) is 3.98. The Labute approximate surface area is 100 Å². The molecule has 1 saturated heterocycles. The van der Waals surface area contributed by atoms with Crippen LogP contribution in [0.25, 0.3) is 11.0 Å². The molecular weight excluding hydrogens is 214 g/mol. The van der Waals surface area contributed by atoms with Gasteiger partial charge in [-0.05, 0) is 33.1 Å². The van der Waals surface area contributed by atoms with Crippen LogP contribution in [0.15, 0.2) is 12.5 Å². The van der Waals surface area contributed by atoms with E-state index in [0.717, 1.165) is 16.9 Å². The van der Waals surface area contributed by atoms with Crippen LogP contribution in [0, 0.1) is 0 Å². The van der Waals surface area contributed by atoms with Crippen LogP contribution in [0.2, 0.25) is 0 Å². The summed E-state index contributed by atoms with van der Waals surface area (Å²) in [5.41, 5.74) is 0.819. The lowest BCUT2D eigenvalue weighted by Gasteiger charge is -2.40. The van der Waals surface area contributed by atoms with Gasteiger partial charge in [-0.15, -0.1) is 0 Å². The van der Waals surface area contributed by atoms with Gasteiger partial charge in [-0.25, -0.2) is 9.97 Å². The molecule has 3 heterocycles. The average Bonchev–Trinajstić information content (AvgIpc) is 2.77. The smallest absolute Gasteiger partial charge is 0.160 e. The first-order valence-corrected chi connectivity index (χ1v) is 6.20. The van der Waals surface area contributed by atoms with Crippen molar-refractivity contribution in [2.24, 2.45) is 0 Å². The van der Waals surface area contributed by atoms with E-state index in [1.165, 1.54) is 19.3 Å². The number of aromatic nitrogens is 4. The Morgan fingerprint density at radius 2 is 2.00 bits per heavy atom. The highest BCUT2D eigenvalue weighted by atomic mass is 15.3. The lowest BCUT2D eigenvalue weighted by molar-refractivity contribution is 0.412. The molecule has 5 nitrogen and oxygen atoms in total. The number of hydrogen-bond donors (Lipinski definition) is 1. The van der Waals surface area contributed by atoms with Crippen LogP contribution < -0.4 is 4.90 Å². The third kappa shape index (κ3) is 1.66. The van der Waals surface area contributed by atoms with Crippen molar-refractivity contribution < 1.29 is 0 Å². The van der Waals surface area contributed by atoms with Gasteiger partial charge in [-0.1, -0.05) is 0 Å². The van der Waals surface area contributed by atoms with Crippen molar-refractivity contribution in [1.82, 2.24) is 20.2 Å². The molecule has 0 unspecified atom stereocenters. The highest BCUT2D eigenvalue weighted by Gasteiger charge is 2.27. The first kappa shape index (κ1) is 10.5. The number of fused-ring (bicyclic) bond motifs is 1. The van der Waals surface area contributed by atoms with Crippen LogP contribution in [-0.4, -0.2) is 32.2 Å². The second-order valence-corrected chi connectivity index (χ2v) is 4.87. The third-order valence-corrected chi connectivity index (χ3v) is 3.67. The van der Waals surface area contributed by atoms with Gasteiger partial charge < -0.3 is 4.90 Å². The first-order valence-electron chi connectivity index (χ1n) is 6.20. The lowest BCUT2D eigenvalue weighted by Crippen LogP contribution is -2.44. The minimum atomic E-state index is 0.534. The number of rotatable bonds is 1. The average molecular weight is 231 g/mol. The van der Waals surface area contributed by atoms with Crippen molar-refractivity contribution in [3.63, 3.8) is 0 Å². The topological polar surface area (TPSA) is 57.7 Å². The highest BCUT2D eigenvalue weighted by Crippen LogP contribution is 2.31. The molecule has 0 aliphatic carbocycles. The van der Waals surface area contributed by atoms with Gasteiger partial charge in [-0.2, -0.15) is 5.10 Å². The number of piperidine rings is 1. The Bertz CT molecular complexity index is 510. The predicted molar refractivity (Wildman–Crippen MR) is 66.9 cm³/mol. The molecule has 3 rings (SSSR count). The summed E-state index contributed by atoms with van der Waals surface area (Å²) in [7, 11) is 0. The van der Waals surface area contributed by atoms with E-state index in [9.17, 15) is 0 Å². The molecule has 2 aromatic rings. The van der Waals surface area contributed by atoms with Crippen LogP contribution >= 0.6 is 0 Å². The van der Waals surface area contributed by atoms with Crippen LogP contribution in [0.3, 0.4) is 0 Å². The molecule has 17 heavy (non-hydrogen) atoms. The van der Waals surface area contributed by atoms with Gasteiger partial charge in [0.2, 0.25) is 0 Å². The summed E-state index contributed by atoms with van der Waals surface area (Å²) in [6, 6.07) is 1.07. The van der Waals surface area contributed by atoms with Crippen molar-refractivity contribution in [2.75, 3.05) is 4.90 Å². The maximum Gasteiger partial charge on any atom is 0.160 e. The monoisotopic (exact) mass is 231 g/mol. The molecule has 0 bridgehead atoms. The third-order valence-electron chi connectivity index (χ3n) is 3.67. The molecule has 1 fully saturated rings. The quantitative estimate of drug-likeness (QED) is 0.816. The largest absolute Gasteiger partial charge is 0.350 e. The molecule has 0 aromatic carbocycles. The van der Waals surface area contributed by atoms with Gasteiger partial charge in [0, 0.05) is 12.1 Å². The summed E-state index contributed by atoms with van der Waals surface area (Å²) in [5, 5.41) is 7.98. The Morgan fingerprint density at radius 1 is 1.24 bits per heavy atom. The molecule has 90 valence electrons. The summed E-state index contributed by atoms with van der Waals surface area (Å²) in [5.74, 6) is 1.02. The zero-order valence-electron chi connectivity index (χ0n) is 10.2. The molecule has 2 atom stereocenters. The van der Waals surface area contributed by atoms with Crippen LogP contribution in [-0.2, 0) is 0 Å². The van der Waals surface area contributed by atoms with Crippen molar-refractivity contribution in [3.05, 3.63) is 12.5 Å². The van der Waals surface area contributed by atoms with Gasteiger partial charge in [0.25, 0.3) is 0 Å². The number of H-pyrrole nitrogens is 1. The molecule has 0 radical (unpaired) electrons. The number of nitrogens with zero attached hydrogens (tertiary/aromatic N) is 4. The van der Waals surface area contributed by atoms with E-state index in [1.54, 1.807) is 6.33 Å². The summed E-state index contributed by atoms with van der Waals surface area (Å²) >= 11 is 0. The zero-order valence-corrected chi connectivity index (χ0v) is 10.2. The van der Waals surface area contributed by atoms with Crippen LogP contribution in [0.4, 0.5) is 5.82 Å². The van der Waals surface area contributed by atoms with E-state index in [1.807, 2.05) is 6.20 Å². The maximum absolute atomic E-state index is 4.46. The molecule has 0 amide bonds. The minimum absolute atomic E-state index is 0.534. The lowest BCUT2D eigenvalue weighted by atomic mass is 9.97. The fourth-order valence-electron chi connectivity index (χ4n) is 2.80. The van der Waals surface area contributed by atoms with E-state index >= 15 is 0 Å². The first-order chi connectivity index (χ1) is 8.27. The molecule has 2 aromatic heterocycles. The number of nitrogens with one attached hydrogen (secondary N) is 1. The Balaban J connectivity index is 2.10. The van der Waals surface area contributed by atoms with Crippen molar-refractivity contribution >= 4 is 16.9 Å². The van der Waals surface area contributed by atoms with E-state index in [2.05, 4.69) is 38.9 Å². The Hall–Kier alpha value is -1.65. The van der Waals surface area contributed by atoms with Crippen molar-refractivity contribution in [2.45, 2.75) is 45.2 Å². The van der Waals surface area contributed by atoms with Gasteiger partial charge in [0.1, 0.15) is 12.1 Å². The van der Waals surface area contributed by atoms with Gasteiger partial charge in [0.15, 0.2) is 5.65 Å². The standard InChI is InChI=1S/C12H17N5/c1-8-4-3-5-9(2)17(8)12-10-6-15-16-11(10)13-7-14-12/h6-9H,3-5H2,1-2H3,(H,13,14,15,16)/t8-,9-/m0/s1. The molecule has 0 spiro atoms. The van der Waals surface area contributed by atoms with E-state index < -0.39 is 0 Å². The maximum atomic E-state index is 4.46. The number of hydrogen-bond acceptors (Lipinski definition) is 4. The second-order valence-electron chi connectivity index (χ2n) is 4.87. The fourth-order valence-corrected chi connectivity index (χ4v) is 2.80. The Kier molecular flexibility index (Phi) is 2.46. The molecule has 1 aliphatic heterocycles. The van der Waals surface area contributed by atoms with Crippen molar-refractivity contribution in [1.29, 1.82) is 0 Å². The van der Waals surface area contributed by atoms with Gasteiger partial charge >= 0.3 is 0 Å². The summed E-state index contributed by atoms with van der Waals surface area (Å²) in [6.07, 6.45) is 7.20.